The Morgan fingerprint density at radius 3 is 2.73 bits per heavy atom. The SMILES string of the molecule is O=Cc1c(F)ccc(C#CCCS)c1F. The number of aldehydes is 1. The number of benzene rings is 1. The first-order valence-electron chi connectivity index (χ1n) is 4.23. The number of carbonyl (C=O) groups excluding carboxylic acids is 1. The summed E-state index contributed by atoms with van der Waals surface area (Å²) in [5, 5.41) is 0. The molecule has 0 bridgehead atoms. The molecule has 0 atom stereocenters. The summed E-state index contributed by atoms with van der Waals surface area (Å²) in [6, 6.07) is 2.24. The molecule has 0 aromatic heterocycles. The Labute approximate surface area is 91.9 Å². The van der Waals surface area contributed by atoms with Gasteiger partial charge in [0.2, 0.25) is 0 Å². The van der Waals surface area contributed by atoms with E-state index in [1.807, 2.05) is 0 Å². The highest BCUT2D eigenvalue weighted by atomic mass is 32.1. The highest BCUT2D eigenvalue weighted by Crippen LogP contribution is 2.14. The van der Waals surface area contributed by atoms with Crippen LogP contribution in [0.4, 0.5) is 8.78 Å². The van der Waals surface area contributed by atoms with Crippen LogP contribution in [-0.4, -0.2) is 12.0 Å². The van der Waals surface area contributed by atoms with Gasteiger partial charge in [0.25, 0.3) is 0 Å². The molecule has 0 N–H and O–H groups in total. The van der Waals surface area contributed by atoms with Gasteiger partial charge in [-0.05, 0) is 12.1 Å². The number of halogens is 2. The smallest absolute Gasteiger partial charge is 0.156 e. The van der Waals surface area contributed by atoms with Crippen molar-refractivity contribution in [3.63, 3.8) is 0 Å². The number of hydrogen-bond acceptors (Lipinski definition) is 2. The van der Waals surface area contributed by atoms with Crippen molar-refractivity contribution in [3.8, 4) is 11.8 Å². The van der Waals surface area contributed by atoms with Gasteiger partial charge in [-0.3, -0.25) is 4.79 Å². The zero-order valence-electron chi connectivity index (χ0n) is 7.76. The number of thiol groups is 1. The number of carbonyl (C=O) groups is 1. The summed E-state index contributed by atoms with van der Waals surface area (Å²) >= 11 is 3.94. The normalized spacial score (nSPS) is 9.27. The van der Waals surface area contributed by atoms with E-state index in [0.717, 1.165) is 6.07 Å². The second kappa shape index (κ2) is 5.52. The highest BCUT2D eigenvalue weighted by Gasteiger charge is 2.10. The van der Waals surface area contributed by atoms with Crippen molar-refractivity contribution in [3.05, 3.63) is 34.9 Å². The van der Waals surface area contributed by atoms with Gasteiger partial charge in [-0.1, -0.05) is 11.8 Å². The van der Waals surface area contributed by atoms with Crippen LogP contribution in [0.1, 0.15) is 22.3 Å². The lowest BCUT2D eigenvalue weighted by Crippen LogP contribution is -1.96. The molecule has 0 fully saturated rings. The van der Waals surface area contributed by atoms with Crippen molar-refractivity contribution in [1.29, 1.82) is 0 Å². The Hall–Kier alpha value is -1.34. The Bertz CT molecular complexity index is 432. The molecule has 1 rings (SSSR count). The van der Waals surface area contributed by atoms with Crippen LogP contribution in [0.25, 0.3) is 0 Å². The third kappa shape index (κ3) is 2.80. The predicted octanol–water partition coefficient (Wildman–Crippen LogP) is 2.45. The Morgan fingerprint density at radius 2 is 2.13 bits per heavy atom. The first-order valence-corrected chi connectivity index (χ1v) is 4.87. The Morgan fingerprint density at radius 1 is 1.40 bits per heavy atom. The second-order valence-corrected chi connectivity index (χ2v) is 3.16. The van der Waals surface area contributed by atoms with E-state index in [0.29, 0.717) is 12.2 Å². The van der Waals surface area contributed by atoms with Gasteiger partial charge in [0, 0.05) is 12.2 Å². The fourth-order valence-electron chi connectivity index (χ4n) is 0.988. The summed E-state index contributed by atoms with van der Waals surface area (Å²) in [6.45, 7) is 0. The molecule has 4 heteroatoms. The summed E-state index contributed by atoms with van der Waals surface area (Å²) in [4.78, 5) is 10.4. The Kier molecular flexibility index (Phi) is 4.32. The van der Waals surface area contributed by atoms with E-state index in [-0.39, 0.29) is 11.8 Å². The maximum Gasteiger partial charge on any atom is 0.156 e. The molecule has 1 aromatic rings. The van der Waals surface area contributed by atoms with Gasteiger partial charge in [0.15, 0.2) is 12.1 Å². The molecule has 0 unspecified atom stereocenters. The van der Waals surface area contributed by atoms with Crippen LogP contribution >= 0.6 is 12.6 Å². The standard InChI is InChI=1S/C11H8F2OS/c12-10-5-4-8(3-1-2-6-15)11(13)9(10)7-14/h4-5,7,15H,2,6H2. The summed E-state index contributed by atoms with van der Waals surface area (Å²) in [5.74, 6) is 3.96. The van der Waals surface area contributed by atoms with Gasteiger partial charge in [-0.15, -0.1) is 0 Å². The quantitative estimate of drug-likeness (QED) is 0.465. The zero-order chi connectivity index (χ0) is 11.3. The third-order valence-corrected chi connectivity index (χ3v) is 1.93. The van der Waals surface area contributed by atoms with Gasteiger partial charge in [-0.2, -0.15) is 12.6 Å². The minimum Gasteiger partial charge on any atom is -0.298 e. The molecule has 0 saturated heterocycles. The molecule has 1 nitrogen and oxygen atoms in total. The lowest BCUT2D eigenvalue weighted by atomic mass is 10.1. The molecule has 0 spiro atoms. The molecule has 78 valence electrons. The van der Waals surface area contributed by atoms with E-state index in [1.165, 1.54) is 6.07 Å². The first-order chi connectivity index (χ1) is 7.20. The average Bonchev–Trinajstić information content (AvgIpc) is 2.22. The summed E-state index contributed by atoms with van der Waals surface area (Å²) in [6.07, 6.45) is 0.658. The molecule has 0 aliphatic heterocycles. The van der Waals surface area contributed by atoms with E-state index in [9.17, 15) is 13.6 Å². The predicted molar refractivity (Wildman–Crippen MR) is 57.1 cm³/mol. The topological polar surface area (TPSA) is 17.1 Å². The lowest BCUT2D eigenvalue weighted by molar-refractivity contribution is 0.111. The lowest BCUT2D eigenvalue weighted by Gasteiger charge is -1.98. The third-order valence-electron chi connectivity index (χ3n) is 1.70. The van der Waals surface area contributed by atoms with Crippen molar-refractivity contribution in [1.82, 2.24) is 0 Å². The highest BCUT2D eigenvalue weighted by molar-refractivity contribution is 7.80. The molecule has 0 amide bonds. The van der Waals surface area contributed by atoms with Crippen LogP contribution in [0.15, 0.2) is 12.1 Å². The van der Waals surface area contributed by atoms with E-state index in [2.05, 4.69) is 24.5 Å². The second-order valence-electron chi connectivity index (χ2n) is 2.72. The molecular weight excluding hydrogens is 218 g/mol. The number of rotatable bonds is 2. The molecule has 0 heterocycles. The van der Waals surface area contributed by atoms with Crippen molar-refractivity contribution >= 4 is 18.9 Å². The van der Waals surface area contributed by atoms with E-state index < -0.39 is 17.2 Å². The van der Waals surface area contributed by atoms with Gasteiger partial charge < -0.3 is 0 Å². The minimum absolute atomic E-state index is 0.0280. The average molecular weight is 226 g/mol. The first kappa shape index (κ1) is 11.7. The molecule has 0 aliphatic rings. The summed E-state index contributed by atoms with van der Waals surface area (Å²) in [5.41, 5.74) is -0.548. The van der Waals surface area contributed by atoms with E-state index in [1.54, 1.807) is 0 Å². The zero-order valence-corrected chi connectivity index (χ0v) is 8.65. The van der Waals surface area contributed by atoms with Crippen LogP contribution in [0.5, 0.6) is 0 Å². The van der Waals surface area contributed by atoms with Crippen LogP contribution < -0.4 is 0 Å². The van der Waals surface area contributed by atoms with Crippen LogP contribution in [0.3, 0.4) is 0 Å². The van der Waals surface area contributed by atoms with Crippen LogP contribution in [0, 0.1) is 23.5 Å². The van der Waals surface area contributed by atoms with Gasteiger partial charge in [0.1, 0.15) is 5.82 Å². The van der Waals surface area contributed by atoms with Crippen molar-refractivity contribution in [2.24, 2.45) is 0 Å². The molecule has 1 aromatic carbocycles. The maximum atomic E-state index is 13.4. The molecular formula is C11H8F2OS. The van der Waals surface area contributed by atoms with E-state index in [4.69, 9.17) is 0 Å². The van der Waals surface area contributed by atoms with Gasteiger partial charge in [-0.25, -0.2) is 8.78 Å². The van der Waals surface area contributed by atoms with Gasteiger partial charge in [0.05, 0.1) is 11.1 Å². The molecule has 15 heavy (non-hydrogen) atoms. The molecule has 0 radical (unpaired) electrons. The largest absolute Gasteiger partial charge is 0.298 e. The van der Waals surface area contributed by atoms with Crippen LogP contribution in [0.2, 0.25) is 0 Å². The fourth-order valence-corrected chi connectivity index (χ4v) is 1.10. The summed E-state index contributed by atoms with van der Waals surface area (Å²) in [7, 11) is 0. The van der Waals surface area contributed by atoms with Crippen molar-refractivity contribution in [2.75, 3.05) is 5.75 Å². The Balaban J connectivity index is 3.12. The van der Waals surface area contributed by atoms with Crippen molar-refractivity contribution < 1.29 is 13.6 Å². The minimum atomic E-state index is -0.906. The number of hydrogen-bond donors (Lipinski definition) is 1. The molecule has 0 saturated carbocycles. The van der Waals surface area contributed by atoms with Crippen molar-refractivity contribution in [2.45, 2.75) is 6.42 Å². The fraction of sp³-hybridized carbons (Fsp3) is 0.182. The van der Waals surface area contributed by atoms with Crippen LogP contribution in [-0.2, 0) is 0 Å². The maximum absolute atomic E-state index is 13.4. The molecule has 0 aliphatic carbocycles. The monoisotopic (exact) mass is 226 g/mol. The van der Waals surface area contributed by atoms with E-state index >= 15 is 0 Å². The summed E-state index contributed by atoms with van der Waals surface area (Å²) < 4.78 is 26.3. The van der Waals surface area contributed by atoms with Gasteiger partial charge >= 0.3 is 0 Å².